The van der Waals surface area contributed by atoms with Crippen molar-refractivity contribution in [2.45, 2.75) is 5.75 Å². The molecule has 0 saturated carbocycles. The zero-order valence-corrected chi connectivity index (χ0v) is 13.9. The fourth-order valence-electron chi connectivity index (χ4n) is 1.66. The largest absolute Gasteiger partial charge is 0.224 e. The molecule has 0 aliphatic carbocycles. The van der Waals surface area contributed by atoms with Crippen molar-refractivity contribution in [1.82, 2.24) is 0 Å². The van der Waals surface area contributed by atoms with E-state index in [1.165, 1.54) is 30.3 Å². The Bertz CT molecular complexity index is 771. The van der Waals surface area contributed by atoms with Gasteiger partial charge in [-0.25, -0.2) is 12.8 Å². The molecule has 0 aromatic heterocycles. The van der Waals surface area contributed by atoms with Crippen LogP contribution in [0.4, 0.5) is 4.39 Å². The van der Waals surface area contributed by atoms with Gasteiger partial charge in [0.25, 0.3) is 0 Å². The number of sulfone groups is 1. The van der Waals surface area contributed by atoms with Crippen LogP contribution >= 0.6 is 27.5 Å². The molecule has 6 heteroatoms. The van der Waals surface area contributed by atoms with Gasteiger partial charge in [-0.05, 0) is 41.5 Å². The van der Waals surface area contributed by atoms with Gasteiger partial charge in [-0.3, -0.25) is 0 Å². The predicted molar refractivity (Wildman–Crippen MR) is 87.2 cm³/mol. The summed E-state index contributed by atoms with van der Waals surface area (Å²) in [5.74, 6) is -0.548. The highest BCUT2D eigenvalue weighted by Gasteiger charge is 2.11. The van der Waals surface area contributed by atoms with Gasteiger partial charge in [0.15, 0.2) is 9.84 Å². The van der Waals surface area contributed by atoms with Gasteiger partial charge in [0.05, 0.1) is 5.75 Å². The molecule has 110 valence electrons. The molecule has 0 N–H and O–H groups in total. The first-order valence-corrected chi connectivity index (χ1v) is 8.85. The predicted octanol–water partition coefficient (Wildman–Crippen LogP) is 4.83. The van der Waals surface area contributed by atoms with Crippen molar-refractivity contribution >= 4 is 43.4 Å². The number of hydrogen-bond donors (Lipinski definition) is 0. The molecule has 0 spiro atoms. The van der Waals surface area contributed by atoms with Crippen LogP contribution in [-0.2, 0) is 15.6 Å². The van der Waals surface area contributed by atoms with E-state index in [1.807, 2.05) is 0 Å². The second kappa shape index (κ2) is 6.73. The Morgan fingerprint density at radius 1 is 1.14 bits per heavy atom. The van der Waals surface area contributed by atoms with Crippen LogP contribution in [0.25, 0.3) is 6.08 Å². The molecule has 2 rings (SSSR count). The van der Waals surface area contributed by atoms with E-state index in [-0.39, 0.29) is 11.6 Å². The summed E-state index contributed by atoms with van der Waals surface area (Å²) in [6.45, 7) is 0. The van der Waals surface area contributed by atoms with E-state index >= 15 is 0 Å². The molecule has 0 unspecified atom stereocenters. The molecule has 0 aliphatic rings. The Balaban J connectivity index is 2.16. The van der Waals surface area contributed by atoms with E-state index in [1.54, 1.807) is 18.2 Å². The van der Waals surface area contributed by atoms with Crippen molar-refractivity contribution in [3.63, 3.8) is 0 Å². The lowest BCUT2D eigenvalue weighted by Gasteiger charge is -2.03. The van der Waals surface area contributed by atoms with Gasteiger partial charge >= 0.3 is 0 Å². The summed E-state index contributed by atoms with van der Waals surface area (Å²) in [5, 5.41) is 1.50. The van der Waals surface area contributed by atoms with Gasteiger partial charge in [-0.15, -0.1) is 0 Å². The molecule has 0 atom stereocenters. The minimum atomic E-state index is -3.45. The van der Waals surface area contributed by atoms with Gasteiger partial charge in [-0.2, -0.15) is 0 Å². The summed E-state index contributed by atoms with van der Waals surface area (Å²) in [6, 6.07) is 10.6. The van der Waals surface area contributed by atoms with Crippen LogP contribution in [-0.4, -0.2) is 8.42 Å². The molecule has 0 amide bonds. The third kappa shape index (κ3) is 4.95. The van der Waals surface area contributed by atoms with E-state index in [2.05, 4.69) is 15.9 Å². The summed E-state index contributed by atoms with van der Waals surface area (Å²) in [7, 11) is -3.45. The van der Waals surface area contributed by atoms with E-state index in [0.717, 1.165) is 9.88 Å². The molecule has 0 radical (unpaired) electrons. The van der Waals surface area contributed by atoms with Crippen molar-refractivity contribution in [3.05, 3.63) is 74.3 Å². The zero-order chi connectivity index (χ0) is 15.5. The maximum Gasteiger partial charge on any atom is 0.175 e. The average molecular weight is 390 g/mol. The highest BCUT2D eigenvalue weighted by Crippen LogP contribution is 2.23. The molecule has 0 saturated heterocycles. The maximum atomic E-state index is 12.8. The van der Waals surface area contributed by atoms with Gasteiger partial charge in [0.1, 0.15) is 5.82 Å². The van der Waals surface area contributed by atoms with Crippen molar-refractivity contribution in [2.75, 3.05) is 0 Å². The fourth-order valence-corrected chi connectivity index (χ4v) is 3.63. The van der Waals surface area contributed by atoms with Gasteiger partial charge in [-0.1, -0.05) is 45.7 Å². The van der Waals surface area contributed by atoms with Crippen LogP contribution in [0.5, 0.6) is 0 Å². The Hall–Kier alpha value is -1.17. The van der Waals surface area contributed by atoms with Gasteiger partial charge in [0, 0.05) is 14.9 Å². The fraction of sp³-hybridized carbons (Fsp3) is 0.0667. The Kier molecular flexibility index (Phi) is 5.19. The summed E-state index contributed by atoms with van der Waals surface area (Å²) in [6.07, 6.45) is 1.43. The Labute approximate surface area is 136 Å². The van der Waals surface area contributed by atoms with Gasteiger partial charge in [0.2, 0.25) is 0 Å². The van der Waals surface area contributed by atoms with Crippen molar-refractivity contribution in [3.8, 4) is 0 Å². The second-order valence-electron chi connectivity index (χ2n) is 4.40. The van der Waals surface area contributed by atoms with Crippen LogP contribution in [0.3, 0.4) is 0 Å². The highest BCUT2D eigenvalue weighted by atomic mass is 79.9. The zero-order valence-electron chi connectivity index (χ0n) is 10.8. The number of halogens is 3. The van der Waals surface area contributed by atoms with E-state index in [9.17, 15) is 12.8 Å². The molecule has 21 heavy (non-hydrogen) atoms. The monoisotopic (exact) mass is 388 g/mol. The van der Waals surface area contributed by atoms with Crippen molar-refractivity contribution in [1.29, 1.82) is 0 Å². The lowest BCUT2D eigenvalue weighted by atomic mass is 10.2. The quantitative estimate of drug-likeness (QED) is 0.751. The normalized spacial score (nSPS) is 12.0. The third-order valence-electron chi connectivity index (χ3n) is 2.71. The molecule has 0 bridgehead atoms. The van der Waals surface area contributed by atoms with Crippen molar-refractivity contribution < 1.29 is 12.8 Å². The maximum absolute atomic E-state index is 12.8. The first-order valence-electron chi connectivity index (χ1n) is 5.96. The van der Waals surface area contributed by atoms with Gasteiger partial charge < -0.3 is 0 Å². The van der Waals surface area contributed by atoms with Crippen LogP contribution in [0.1, 0.15) is 11.1 Å². The molecular weight excluding hydrogens is 379 g/mol. The molecule has 0 heterocycles. The number of rotatable bonds is 4. The number of hydrogen-bond acceptors (Lipinski definition) is 2. The smallest absolute Gasteiger partial charge is 0.175 e. The summed E-state index contributed by atoms with van der Waals surface area (Å²) in [5.41, 5.74) is 1.14. The Morgan fingerprint density at radius 2 is 1.81 bits per heavy atom. The molecular formula is C15H11BrClFO2S. The summed E-state index contributed by atoms with van der Waals surface area (Å²) < 4.78 is 37.6. The van der Waals surface area contributed by atoms with E-state index in [4.69, 9.17) is 11.6 Å². The van der Waals surface area contributed by atoms with Crippen molar-refractivity contribution in [2.24, 2.45) is 0 Å². The minimum absolute atomic E-state index is 0.184. The average Bonchev–Trinajstić information content (AvgIpc) is 2.41. The van der Waals surface area contributed by atoms with Crippen LogP contribution in [0, 0.1) is 5.82 Å². The minimum Gasteiger partial charge on any atom is -0.224 e. The highest BCUT2D eigenvalue weighted by molar-refractivity contribution is 9.10. The van der Waals surface area contributed by atoms with Crippen LogP contribution in [0.2, 0.25) is 5.02 Å². The lowest BCUT2D eigenvalue weighted by Crippen LogP contribution is -2.00. The Morgan fingerprint density at radius 3 is 2.43 bits per heavy atom. The summed E-state index contributed by atoms with van der Waals surface area (Å²) in [4.78, 5) is 0. The second-order valence-corrected chi connectivity index (χ2v) is 7.61. The third-order valence-corrected chi connectivity index (χ3v) is 4.82. The first-order chi connectivity index (χ1) is 9.85. The topological polar surface area (TPSA) is 34.1 Å². The van der Waals surface area contributed by atoms with E-state index < -0.39 is 9.84 Å². The molecule has 2 aromatic rings. The molecule has 0 aliphatic heterocycles. The molecule has 2 aromatic carbocycles. The molecule has 2 nitrogen and oxygen atoms in total. The molecule has 0 fully saturated rings. The SMILES string of the molecule is O=S(=O)(C=Cc1ccc(F)cc1)Cc1ccc(Br)cc1Cl. The van der Waals surface area contributed by atoms with Crippen LogP contribution in [0.15, 0.2) is 52.3 Å². The summed E-state index contributed by atoms with van der Waals surface area (Å²) >= 11 is 9.27. The first kappa shape index (κ1) is 16.2. The number of benzene rings is 2. The standard InChI is InChI=1S/C15H11BrClFO2S/c16-13-4-3-12(15(17)9-13)10-21(19,20)8-7-11-1-5-14(18)6-2-11/h1-9H,10H2. The van der Waals surface area contributed by atoms with E-state index in [0.29, 0.717) is 16.1 Å². The lowest BCUT2D eigenvalue weighted by molar-refractivity contribution is 0.604. The van der Waals surface area contributed by atoms with Crippen LogP contribution < -0.4 is 0 Å².